The van der Waals surface area contributed by atoms with Gasteiger partial charge in [-0.25, -0.2) is 0 Å². The molecule has 1 aromatic carbocycles. The molecular weight excluding hydrogens is 180 g/mol. The maximum atomic E-state index is 5.52. The van der Waals surface area contributed by atoms with Gasteiger partial charge in [-0.3, -0.25) is 0 Å². The predicted molar refractivity (Wildman–Crippen MR) is 56.1 cm³/mol. The smallest absolute Gasteiger partial charge is 0.0669 e. The zero-order valence-electron chi connectivity index (χ0n) is 7.77. The fourth-order valence-electron chi connectivity index (χ4n) is 1.54. The molecule has 1 aliphatic rings. The van der Waals surface area contributed by atoms with E-state index in [9.17, 15) is 0 Å². The highest BCUT2D eigenvalue weighted by atomic mass is 32.2. The van der Waals surface area contributed by atoms with Crippen molar-refractivity contribution < 1.29 is 4.74 Å². The van der Waals surface area contributed by atoms with Crippen LogP contribution in [0.25, 0.3) is 0 Å². The minimum Gasteiger partial charge on any atom is -0.377 e. The summed E-state index contributed by atoms with van der Waals surface area (Å²) >= 11 is 1.93. The fraction of sp³-hybridized carbons (Fsp3) is 0.455. The van der Waals surface area contributed by atoms with E-state index in [0.29, 0.717) is 11.4 Å². The van der Waals surface area contributed by atoms with E-state index >= 15 is 0 Å². The summed E-state index contributed by atoms with van der Waals surface area (Å²) in [6.45, 7) is 3.08. The van der Waals surface area contributed by atoms with Crippen LogP contribution in [0.2, 0.25) is 0 Å². The number of rotatable bonds is 2. The molecule has 0 aliphatic carbocycles. The molecule has 1 saturated heterocycles. The van der Waals surface area contributed by atoms with Crippen molar-refractivity contribution in [3.05, 3.63) is 30.3 Å². The lowest BCUT2D eigenvalue weighted by atomic mass is 10.3. The minimum absolute atomic E-state index is 0.408. The molecule has 0 aromatic heterocycles. The Kier molecular flexibility index (Phi) is 2.91. The van der Waals surface area contributed by atoms with Crippen LogP contribution in [0.1, 0.15) is 13.3 Å². The zero-order valence-corrected chi connectivity index (χ0v) is 8.59. The molecule has 70 valence electrons. The van der Waals surface area contributed by atoms with Crippen LogP contribution < -0.4 is 0 Å². The van der Waals surface area contributed by atoms with Crippen molar-refractivity contribution in [1.29, 1.82) is 0 Å². The first-order valence-corrected chi connectivity index (χ1v) is 5.57. The Bertz CT molecular complexity index is 260. The molecule has 0 amide bonds. The summed E-state index contributed by atoms with van der Waals surface area (Å²) in [6.07, 6.45) is 1.59. The lowest BCUT2D eigenvalue weighted by Gasteiger charge is -2.12. The zero-order chi connectivity index (χ0) is 9.10. The molecule has 1 aliphatic heterocycles. The van der Waals surface area contributed by atoms with Gasteiger partial charge in [-0.1, -0.05) is 18.2 Å². The molecule has 1 fully saturated rings. The Labute approximate surface area is 83.5 Å². The molecule has 2 atom stereocenters. The maximum Gasteiger partial charge on any atom is 0.0669 e. The van der Waals surface area contributed by atoms with Crippen molar-refractivity contribution in [2.75, 3.05) is 6.61 Å². The highest BCUT2D eigenvalue weighted by molar-refractivity contribution is 8.00. The summed E-state index contributed by atoms with van der Waals surface area (Å²) in [5, 5.41) is 0.641. The Morgan fingerprint density at radius 3 is 2.69 bits per heavy atom. The van der Waals surface area contributed by atoms with Gasteiger partial charge in [0.25, 0.3) is 0 Å². The normalized spacial score (nSPS) is 27.8. The maximum absolute atomic E-state index is 5.52. The first kappa shape index (κ1) is 9.10. The van der Waals surface area contributed by atoms with Crippen molar-refractivity contribution in [2.45, 2.75) is 29.6 Å². The minimum atomic E-state index is 0.408. The molecule has 2 rings (SSSR count). The number of ether oxygens (including phenoxy) is 1. The van der Waals surface area contributed by atoms with Gasteiger partial charge in [0.15, 0.2) is 0 Å². The molecule has 1 unspecified atom stereocenters. The van der Waals surface area contributed by atoms with Crippen LogP contribution in [0, 0.1) is 0 Å². The molecular formula is C11H14OS. The number of benzene rings is 1. The highest BCUT2D eigenvalue weighted by Crippen LogP contribution is 2.31. The van der Waals surface area contributed by atoms with Crippen LogP contribution in [-0.2, 0) is 4.74 Å². The van der Waals surface area contributed by atoms with Crippen molar-refractivity contribution in [3.8, 4) is 0 Å². The Morgan fingerprint density at radius 2 is 2.08 bits per heavy atom. The lowest BCUT2D eigenvalue weighted by Crippen LogP contribution is -2.12. The van der Waals surface area contributed by atoms with Crippen LogP contribution in [-0.4, -0.2) is 18.0 Å². The van der Waals surface area contributed by atoms with Gasteiger partial charge in [-0.2, -0.15) is 0 Å². The number of thioether (sulfide) groups is 1. The van der Waals surface area contributed by atoms with Gasteiger partial charge in [0.2, 0.25) is 0 Å². The molecule has 0 radical (unpaired) electrons. The first-order valence-electron chi connectivity index (χ1n) is 4.69. The van der Waals surface area contributed by atoms with Gasteiger partial charge in [-0.05, 0) is 25.5 Å². The van der Waals surface area contributed by atoms with E-state index in [-0.39, 0.29) is 0 Å². The third-order valence-corrected chi connectivity index (χ3v) is 3.80. The van der Waals surface area contributed by atoms with E-state index < -0.39 is 0 Å². The summed E-state index contributed by atoms with van der Waals surface area (Å²) in [6, 6.07) is 10.6. The quantitative estimate of drug-likeness (QED) is 0.716. The summed E-state index contributed by atoms with van der Waals surface area (Å²) in [5.41, 5.74) is 0. The van der Waals surface area contributed by atoms with Crippen molar-refractivity contribution in [2.24, 2.45) is 0 Å². The SMILES string of the molecule is C[C@@H]1OCCC1Sc1ccccc1. The largest absolute Gasteiger partial charge is 0.377 e. The molecule has 0 spiro atoms. The molecule has 13 heavy (non-hydrogen) atoms. The van der Waals surface area contributed by atoms with E-state index in [1.54, 1.807) is 0 Å². The van der Waals surface area contributed by atoms with E-state index in [1.165, 1.54) is 11.3 Å². The van der Waals surface area contributed by atoms with E-state index in [1.807, 2.05) is 11.8 Å². The Morgan fingerprint density at radius 1 is 1.31 bits per heavy atom. The van der Waals surface area contributed by atoms with Crippen LogP contribution in [0.5, 0.6) is 0 Å². The standard InChI is InChI=1S/C11H14OS/c1-9-11(7-8-12-9)13-10-5-3-2-4-6-10/h2-6,9,11H,7-8H2,1H3/t9-,11?/m0/s1. The van der Waals surface area contributed by atoms with Crippen molar-refractivity contribution in [3.63, 3.8) is 0 Å². The summed E-state index contributed by atoms with van der Waals surface area (Å²) in [7, 11) is 0. The third-order valence-electron chi connectivity index (χ3n) is 2.34. The van der Waals surface area contributed by atoms with Gasteiger partial charge in [0.1, 0.15) is 0 Å². The molecule has 1 heterocycles. The molecule has 1 nitrogen and oxygen atoms in total. The molecule has 1 aromatic rings. The Balaban J connectivity index is 1.98. The number of hydrogen-bond donors (Lipinski definition) is 0. The second kappa shape index (κ2) is 4.16. The monoisotopic (exact) mass is 194 g/mol. The van der Waals surface area contributed by atoms with Gasteiger partial charge >= 0.3 is 0 Å². The summed E-state index contributed by atoms with van der Waals surface area (Å²) < 4.78 is 5.52. The van der Waals surface area contributed by atoms with E-state index in [2.05, 4.69) is 37.3 Å². The second-order valence-electron chi connectivity index (χ2n) is 3.33. The van der Waals surface area contributed by atoms with Gasteiger partial charge in [0, 0.05) is 16.8 Å². The lowest BCUT2D eigenvalue weighted by molar-refractivity contribution is 0.127. The molecule has 0 bridgehead atoms. The van der Waals surface area contributed by atoms with Crippen LogP contribution in [0.4, 0.5) is 0 Å². The molecule has 0 N–H and O–H groups in total. The van der Waals surface area contributed by atoms with Crippen molar-refractivity contribution in [1.82, 2.24) is 0 Å². The van der Waals surface area contributed by atoms with Gasteiger partial charge in [-0.15, -0.1) is 11.8 Å². The van der Waals surface area contributed by atoms with Gasteiger partial charge < -0.3 is 4.74 Å². The van der Waals surface area contributed by atoms with E-state index in [0.717, 1.165) is 6.61 Å². The van der Waals surface area contributed by atoms with Crippen LogP contribution in [0.15, 0.2) is 35.2 Å². The average molecular weight is 194 g/mol. The summed E-state index contributed by atoms with van der Waals surface area (Å²) in [4.78, 5) is 1.35. The van der Waals surface area contributed by atoms with Crippen LogP contribution >= 0.6 is 11.8 Å². The third kappa shape index (κ3) is 2.26. The van der Waals surface area contributed by atoms with Crippen LogP contribution in [0.3, 0.4) is 0 Å². The number of hydrogen-bond acceptors (Lipinski definition) is 2. The van der Waals surface area contributed by atoms with E-state index in [4.69, 9.17) is 4.74 Å². The Hall–Kier alpha value is -0.470. The summed E-state index contributed by atoms with van der Waals surface area (Å²) in [5.74, 6) is 0. The second-order valence-corrected chi connectivity index (χ2v) is 4.65. The topological polar surface area (TPSA) is 9.23 Å². The fourth-order valence-corrected chi connectivity index (χ4v) is 2.69. The average Bonchev–Trinajstić information content (AvgIpc) is 2.54. The molecule has 0 saturated carbocycles. The molecule has 2 heteroatoms. The van der Waals surface area contributed by atoms with Crippen molar-refractivity contribution >= 4 is 11.8 Å². The highest BCUT2D eigenvalue weighted by Gasteiger charge is 2.24. The van der Waals surface area contributed by atoms with Gasteiger partial charge in [0.05, 0.1) is 6.10 Å². The predicted octanol–water partition coefficient (Wildman–Crippen LogP) is 2.96. The first-order chi connectivity index (χ1) is 6.36.